The molecule has 0 fully saturated rings. The lowest BCUT2D eigenvalue weighted by molar-refractivity contribution is 0.310. The van der Waals surface area contributed by atoms with Crippen LogP contribution in [0.3, 0.4) is 0 Å². The van der Waals surface area contributed by atoms with Crippen LogP contribution < -0.4 is 15.8 Å². The van der Waals surface area contributed by atoms with Crippen molar-refractivity contribution in [3.63, 3.8) is 0 Å². The van der Waals surface area contributed by atoms with Gasteiger partial charge in [-0.25, -0.2) is 9.61 Å². The van der Waals surface area contributed by atoms with Gasteiger partial charge in [-0.15, -0.1) is 0 Å². The third kappa shape index (κ3) is 3.71. The van der Waals surface area contributed by atoms with E-state index in [1.165, 1.54) is 5.56 Å². The number of nitrogens with two attached hydrogens (primary N) is 1. The first-order chi connectivity index (χ1) is 14.2. The summed E-state index contributed by atoms with van der Waals surface area (Å²) >= 11 is 0. The number of methoxy groups -OCH3 is 1. The molecule has 0 bridgehead atoms. The van der Waals surface area contributed by atoms with E-state index >= 15 is 0 Å². The van der Waals surface area contributed by atoms with Gasteiger partial charge in [0.15, 0.2) is 17.3 Å². The molecule has 9 heteroatoms. The second-order valence-corrected chi connectivity index (χ2v) is 6.61. The van der Waals surface area contributed by atoms with Crippen molar-refractivity contribution in [1.82, 2.24) is 24.8 Å². The molecule has 0 radical (unpaired) electrons. The molecule has 0 aliphatic heterocycles. The second kappa shape index (κ2) is 8.17. The first-order valence-corrected chi connectivity index (χ1v) is 9.50. The van der Waals surface area contributed by atoms with Gasteiger partial charge in [0.1, 0.15) is 11.3 Å². The maximum Gasteiger partial charge on any atom is 0.199 e. The van der Waals surface area contributed by atoms with Crippen molar-refractivity contribution in [2.45, 2.75) is 26.3 Å². The Hall–Kier alpha value is -3.62. The standard InChI is InChI=1S/C20H23N7O2/c1-3-27-18-15(23-10-4-5-13-6-8-14(28-2)9-7-13)11-22-12-16(18)24-20(27)17-19(21)26-29-25-17/h6-9,11-12,23H,3-5,10H2,1-2H3,(H2,21,26). The molecular formula is C20H23N7O2. The average molecular weight is 393 g/mol. The van der Waals surface area contributed by atoms with Crippen LogP contribution in [0.15, 0.2) is 41.3 Å². The largest absolute Gasteiger partial charge is 0.497 e. The summed E-state index contributed by atoms with van der Waals surface area (Å²) in [5.41, 5.74) is 10.2. The van der Waals surface area contributed by atoms with Crippen molar-refractivity contribution >= 4 is 22.5 Å². The third-order valence-corrected chi connectivity index (χ3v) is 4.81. The highest BCUT2D eigenvalue weighted by Gasteiger charge is 2.20. The van der Waals surface area contributed by atoms with Gasteiger partial charge in [0, 0.05) is 13.1 Å². The number of nitrogens with zero attached hydrogens (tertiary/aromatic N) is 5. The lowest BCUT2D eigenvalue weighted by Crippen LogP contribution is -2.06. The van der Waals surface area contributed by atoms with E-state index in [1.54, 1.807) is 13.3 Å². The van der Waals surface area contributed by atoms with E-state index in [9.17, 15) is 0 Å². The van der Waals surface area contributed by atoms with Gasteiger partial charge < -0.3 is 20.4 Å². The summed E-state index contributed by atoms with van der Waals surface area (Å²) in [4.78, 5) is 8.96. The van der Waals surface area contributed by atoms with E-state index in [4.69, 9.17) is 15.1 Å². The van der Waals surface area contributed by atoms with Gasteiger partial charge in [-0.2, -0.15) is 0 Å². The van der Waals surface area contributed by atoms with Gasteiger partial charge >= 0.3 is 0 Å². The number of nitrogens with one attached hydrogen (secondary N) is 1. The summed E-state index contributed by atoms with van der Waals surface area (Å²) in [6, 6.07) is 8.16. The van der Waals surface area contributed by atoms with Crippen molar-refractivity contribution in [2.24, 2.45) is 0 Å². The van der Waals surface area contributed by atoms with E-state index in [1.807, 2.05) is 29.8 Å². The zero-order valence-corrected chi connectivity index (χ0v) is 16.4. The van der Waals surface area contributed by atoms with Crippen molar-refractivity contribution in [1.29, 1.82) is 0 Å². The Balaban J connectivity index is 1.51. The maximum atomic E-state index is 5.87. The van der Waals surface area contributed by atoms with Gasteiger partial charge in [0.25, 0.3) is 0 Å². The quantitative estimate of drug-likeness (QED) is 0.439. The number of nitrogen functional groups attached to an aromatic ring is 1. The molecular weight excluding hydrogens is 370 g/mol. The minimum absolute atomic E-state index is 0.219. The molecule has 0 saturated carbocycles. The fraction of sp³-hybridized carbons (Fsp3) is 0.300. The number of anilines is 2. The smallest absolute Gasteiger partial charge is 0.199 e. The van der Waals surface area contributed by atoms with Crippen molar-refractivity contribution in [2.75, 3.05) is 24.7 Å². The summed E-state index contributed by atoms with van der Waals surface area (Å²) < 4.78 is 12.0. The Morgan fingerprint density at radius 1 is 1.17 bits per heavy atom. The number of aryl methyl sites for hydroxylation is 2. The molecule has 0 atom stereocenters. The molecule has 3 heterocycles. The Morgan fingerprint density at radius 3 is 2.69 bits per heavy atom. The number of pyridine rings is 1. The summed E-state index contributed by atoms with van der Waals surface area (Å²) in [6.07, 6.45) is 5.50. The van der Waals surface area contributed by atoms with Gasteiger partial charge in [-0.3, -0.25) is 4.98 Å². The SMILES string of the molecule is CCn1c(-c2nonc2N)nc2cncc(NCCCc3ccc(OC)cc3)c21. The summed E-state index contributed by atoms with van der Waals surface area (Å²) in [5, 5.41) is 11.0. The lowest BCUT2D eigenvalue weighted by atomic mass is 10.1. The van der Waals surface area contributed by atoms with Crippen LogP contribution in [0.25, 0.3) is 22.6 Å². The van der Waals surface area contributed by atoms with Crippen LogP contribution in [0.5, 0.6) is 5.75 Å². The van der Waals surface area contributed by atoms with E-state index in [0.29, 0.717) is 18.1 Å². The number of fused-ring (bicyclic) bond motifs is 1. The first-order valence-electron chi connectivity index (χ1n) is 9.50. The maximum absolute atomic E-state index is 5.87. The lowest BCUT2D eigenvalue weighted by Gasteiger charge is -2.10. The van der Waals surface area contributed by atoms with Gasteiger partial charge in [0.05, 0.1) is 30.7 Å². The molecule has 1 aromatic carbocycles. The number of imidazole rings is 1. The Bertz CT molecular complexity index is 1100. The number of aromatic nitrogens is 5. The monoisotopic (exact) mass is 393 g/mol. The molecule has 29 heavy (non-hydrogen) atoms. The van der Waals surface area contributed by atoms with E-state index < -0.39 is 0 Å². The molecule has 3 aromatic heterocycles. The van der Waals surface area contributed by atoms with Crippen LogP contribution in [0.4, 0.5) is 11.5 Å². The van der Waals surface area contributed by atoms with E-state index in [0.717, 1.165) is 41.9 Å². The second-order valence-electron chi connectivity index (χ2n) is 6.61. The van der Waals surface area contributed by atoms with Gasteiger partial charge in [0.2, 0.25) is 0 Å². The number of hydrogen-bond acceptors (Lipinski definition) is 8. The minimum atomic E-state index is 0.219. The number of ether oxygens (including phenoxy) is 1. The van der Waals surface area contributed by atoms with Crippen molar-refractivity contribution < 1.29 is 9.37 Å². The fourth-order valence-electron chi connectivity index (χ4n) is 3.36. The zero-order valence-electron chi connectivity index (χ0n) is 16.4. The highest BCUT2D eigenvalue weighted by atomic mass is 16.6. The zero-order chi connectivity index (χ0) is 20.2. The normalized spacial score (nSPS) is 11.1. The molecule has 0 aliphatic carbocycles. The number of rotatable bonds is 8. The molecule has 150 valence electrons. The van der Waals surface area contributed by atoms with Crippen LogP contribution >= 0.6 is 0 Å². The summed E-state index contributed by atoms with van der Waals surface area (Å²) in [5.74, 6) is 1.71. The molecule has 0 unspecified atom stereocenters. The van der Waals surface area contributed by atoms with E-state index in [2.05, 4.69) is 37.7 Å². The van der Waals surface area contributed by atoms with Crippen LogP contribution in [0.1, 0.15) is 18.9 Å². The molecule has 0 saturated heterocycles. The molecule has 0 spiro atoms. The third-order valence-electron chi connectivity index (χ3n) is 4.81. The predicted molar refractivity (Wildman–Crippen MR) is 111 cm³/mol. The Labute approximate surface area is 167 Å². The minimum Gasteiger partial charge on any atom is -0.497 e. The topological polar surface area (TPSA) is 117 Å². The molecule has 4 aromatic rings. The molecule has 0 amide bonds. The van der Waals surface area contributed by atoms with Crippen LogP contribution in [0, 0.1) is 0 Å². The first kappa shape index (κ1) is 18.7. The molecule has 0 aliphatic rings. The van der Waals surface area contributed by atoms with Gasteiger partial charge in [-0.05, 0) is 47.8 Å². The molecule has 4 rings (SSSR count). The average Bonchev–Trinajstić information content (AvgIpc) is 3.34. The predicted octanol–water partition coefficient (Wildman–Crippen LogP) is 3.14. The number of hydrogen-bond donors (Lipinski definition) is 2. The van der Waals surface area contributed by atoms with Gasteiger partial charge in [-0.1, -0.05) is 12.1 Å². The van der Waals surface area contributed by atoms with E-state index in [-0.39, 0.29) is 5.82 Å². The molecule has 3 N–H and O–H groups in total. The number of benzene rings is 1. The van der Waals surface area contributed by atoms with Crippen molar-refractivity contribution in [3.8, 4) is 17.3 Å². The Kier molecular flexibility index (Phi) is 5.28. The molecule has 9 nitrogen and oxygen atoms in total. The highest BCUT2D eigenvalue weighted by Crippen LogP contribution is 2.30. The summed E-state index contributed by atoms with van der Waals surface area (Å²) in [7, 11) is 1.67. The Morgan fingerprint density at radius 2 is 2.00 bits per heavy atom. The van der Waals surface area contributed by atoms with Crippen LogP contribution in [-0.4, -0.2) is 38.5 Å². The van der Waals surface area contributed by atoms with Crippen molar-refractivity contribution in [3.05, 3.63) is 42.2 Å². The highest BCUT2D eigenvalue weighted by molar-refractivity contribution is 5.90. The fourth-order valence-corrected chi connectivity index (χ4v) is 3.36. The van der Waals surface area contributed by atoms with Crippen LogP contribution in [0.2, 0.25) is 0 Å². The summed E-state index contributed by atoms with van der Waals surface area (Å²) in [6.45, 7) is 3.55. The van der Waals surface area contributed by atoms with Crippen LogP contribution in [-0.2, 0) is 13.0 Å².